The highest BCUT2D eigenvalue weighted by Crippen LogP contribution is 2.30. The summed E-state index contributed by atoms with van der Waals surface area (Å²) in [6.45, 7) is 1.73. The fourth-order valence-corrected chi connectivity index (χ4v) is 3.21. The van der Waals surface area contributed by atoms with Crippen LogP contribution in [-0.4, -0.2) is 50.9 Å². The fraction of sp³-hybridized carbons (Fsp3) is 0.455. The summed E-state index contributed by atoms with van der Waals surface area (Å²) in [5.41, 5.74) is -0.438. The Labute approximate surface area is 122 Å². The van der Waals surface area contributed by atoms with Crippen LogP contribution in [0.4, 0.5) is 11.4 Å². The normalized spacial score (nSPS) is 16.4. The highest BCUT2D eigenvalue weighted by atomic mass is 32.2. The van der Waals surface area contributed by atoms with Crippen molar-refractivity contribution in [1.29, 1.82) is 0 Å². The lowest BCUT2D eigenvalue weighted by molar-refractivity contribution is -0.384. The summed E-state index contributed by atoms with van der Waals surface area (Å²) in [4.78, 5) is 10.4. The van der Waals surface area contributed by atoms with Crippen LogP contribution < -0.4 is 14.8 Å². The first-order valence-corrected chi connectivity index (χ1v) is 7.69. The van der Waals surface area contributed by atoms with Crippen LogP contribution in [0.5, 0.6) is 5.75 Å². The van der Waals surface area contributed by atoms with E-state index in [1.165, 1.54) is 29.6 Å². The number of anilines is 1. The number of nitrogens with zero attached hydrogens (tertiary/aromatic N) is 2. The lowest BCUT2D eigenvalue weighted by Gasteiger charge is -2.26. The molecule has 1 aromatic rings. The quantitative estimate of drug-likeness (QED) is 0.591. The van der Waals surface area contributed by atoms with Gasteiger partial charge in [-0.05, 0) is 12.1 Å². The zero-order valence-electron chi connectivity index (χ0n) is 11.4. The molecule has 0 spiro atoms. The molecule has 21 heavy (non-hydrogen) atoms. The second-order valence-corrected chi connectivity index (χ2v) is 6.07. The number of ether oxygens (including phenoxy) is 1. The highest BCUT2D eigenvalue weighted by molar-refractivity contribution is 7.90. The molecule has 10 heteroatoms. The standard InChI is InChI=1S/C11H16N4O5S/c1-20-9-2-3-10(11(8-9)15(16)17)13-21(18,19)14-6-4-12-5-7-14/h2-3,8,12-13H,4-7H2,1H3. The maximum Gasteiger partial charge on any atom is 0.301 e. The van der Waals surface area contributed by atoms with E-state index in [0.29, 0.717) is 26.2 Å². The van der Waals surface area contributed by atoms with Gasteiger partial charge in [-0.3, -0.25) is 14.8 Å². The van der Waals surface area contributed by atoms with Crippen molar-refractivity contribution in [3.63, 3.8) is 0 Å². The number of rotatable bonds is 5. The van der Waals surface area contributed by atoms with E-state index in [-0.39, 0.29) is 17.1 Å². The van der Waals surface area contributed by atoms with E-state index in [0.717, 1.165) is 0 Å². The maximum atomic E-state index is 12.2. The summed E-state index contributed by atoms with van der Waals surface area (Å²) in [6, 6.07) is 3.95. The Morgan fingerprint density at radius 1 is 1.38 bits per heavy atom. The Bertz CT molecular complexity index is 628. The first-order valence-electron chi connectivity index (χ1n) is 6.25. The molecule has 0 aliphatic carbocycles. The summed E-state index contributed by atoms with van der Waals surface area (Å²) in [7, 11) is -2.44. The van der Waals surface area contributed by atoms with Crippen LogP contribution in [0.15, 0.2) is 18.2 Å². The van der Waals surface area contributed by atoms with Gasteiger partial charge < -0.3 is 10.1 Å². The third-order valence-corrected chi connectivity index (χ3v) is 4.58. The number of hydrogen-bond donors (Lipinski definition) is 2. The predicted molar refractivity (Wildman–Crippen MR) is 76.6 cm³/mol. The van der Waals surface area contributed by atoms with Crippen LogP contribution in [0.25, 0.3) is 0 Å². The van der Waals surface area contributed by atoms with Crippen molar-refractivity contribution in [3.8, 4) is 5.75 Å². The van der Waals surface area contributed by atoms with E-state index in [4.69, 9.17) is 4.74 Å². The second kappa shape index (κ2) is 6.24. The summed E-state index contributed by atoms with van der Waals surface area (Å²) in [5.74, 6) is 0.284. The number of nitro benzene ring substituents is 1. The molecule has 0 atom stereocenters. The maximum absolute atomic E-state index is 12.2. The zero-order chi connectivity index (χ0) is 15.5. The van der Waals surface area contributed by atoms with Crippen molar-refractivity contribution in [2.75, 3.05) is 38.0 Å². The van der Waals surface area contributed by atoms with Gasteiger partial charge in [0.05, 0.1) is 18.1 Å². The van der Waals surface area contributed by atoms with Crippen LogP contribution in [-0.2, 0) is 10.2 Å². The van der Waals surface area contributed by atoms with Gasteiger partial charge in [-0.15, -0.1) is 0 Å². The van der Waals surface area contributed by atoms with Gasteiger partial charge in [0, 0.05) is 26.2 Å². The predicted octanol–water partition coefficient (Wildman–Crippen LogP) is 0.165. The molecule has 0 unspecified atom stereocenters. The van der Waals surface area contributed by atoms with E-state index in [9.17, 15) is 18.5 Å². The van der Waals surface area contributed by atoms with Gasteiger partial charge in [0.15, 0.2) is 0 Å². The van der Waals surface area contributed by atoms with Crippen LogP contribution in [0.3, 0.4) is 0 Å². The summed E-state index contributed by atoms with van der Waals surface area (Å²) in [5, 5.41) is 14.1. The Morgan fingerprint density at radius 2 is 2.05 bits per heavy atom. The minimum Gasteiger partial charge on any atom is -0.496 e. The highest BCUT2D eigenvalue weighted by Gasteiger charge is 2.26. The molecule has 9 nitrogen and oxygen atoms in total. The van der Waals surface area contributed by atoms with E-state index < -0.39 is 15.1 Å². The van der Waals surface area contributed by atoms with Crippen LogP contribution >= 0.6 is 0 Å². The van der Waals surface area contributed by atoms with Crippen LogP contribution in [0.2, 0.25) is 0 Å². The Morgan fingerprint density at radius 3 is 2.62 bits per heavy atom. The average molecular weight is 316 g/mol. The fourth-order valence-electron chi connectivity index (χ4n) is 1.96. The molecular formula is C11H16N4O5S. The van der Waals surface area contributed by atoms with Gasteiger partial charge in [0.1, 0.15) is 11.4 Å². The van der Waals surface area contributed by atoms with Gasteiger partial charge in [-0.2, -0.15) is 12.7 Å². The smallest absolute Gasteiger partial charge is 0.301 e. The van der Waals surface area contributed by atoms with Crippen molar-refractivity contribution in [3.05, 3.63) is 28.3 Å². The Hall–Kier alpha value is -1.91. The number of methoxy groups -OCH3 is 1. The van der Waals surface area contributed by atoms with Gasteiger partial charge in [0.2, 0.25) is 0 Å². The van der Waals surface area contributed by atoms with E-state index >= 15 is 0 Å². The molecule has 1 heterocycles. The van der Waals surface area contributed by atoms with Gasteiger partial charge in [-0.25, -0.2) is 0 Å². The minimum absolute atomic E-state index is 0.0840. The molecule has 0 aromatic heterocycles. The van der Waals surface area contributed by atoms with Crippen molar-refractivity contribution in [2.45, 2.75) is 0 Å². The largest absolute Gasteiger partial charge is 0.496 e. The van der Waals surface area contributed by atoms with Crippen molar-refractivity contribution < 1.29 is 18.1 Å². The topological polar surface area (TPSA) is 114 Å². The van der Waals surface area contributed by atoms with Gasteiger partial charge >= 0.3 is 10.2 Å². The van der Waals surface area contributed by atoms with E-state index in [1.807, 2.05) is 0 Å². The molecular weight excluding hydrogens is 300 g/mol. The van der Waals surface area contributed by atoms with Crippen LogP contribution in [0.1, 0.15) is 0 Å². The molecule has 0 saturated carbocycles. The average Bonchev–Trinajstić information content (AvgIpc) is 2.48. The number of benzene rings is 1. The number of hydrogen-bond acceptors (Lipinski definition) is 6. The SMILES string of the molecule is COc1ccc(NS(=O)(=O)N2CCNCC2)c([N+](=O)[O-])c1. The third-order valence-electron chi connectivity index (χ3n) is 3.06. The molecule has 1 aromatic carbocycles. The van der Waals surface area contributed by atoms with Gasteiger partial charge in [0.25, 0.3) is 5.69 Å². The lowest BCUT2D eigenvalue weighted by Crippen LogP contribution is -2.48. The zero-order valence-corrected chi connectivity index (χ0v) is 12.2. The Kier molecular flexibility index (Phi) is 4.60. The monoisotopic (exact) mass is 316 g/mol. The summed E-state index contributed by atoms with van der Waals surface area (Å²) < 4.78 is 32.9. The Balaban J connectivity index is 2.27. The molecule has 1 saturated heterocycles. The number of piperazine rings is 1. The van der Waals surface area contributed by atoms with Crippen molar-refractivity contribution in [1.82, 2.24) is 9.62 Å². The first kappa shape index (κ1) is 15.5. The number of nitrogens with one attached hydrogen (secondary N) is 2. The number of nitro groups is 1. The second-order valence-electron chi connectivity index (χ2n) is 4.40. The summed E-state index contributed by atoms with van der Waals surface area (Å²) in [6.07, 6.45) is 0. The van der Waals surface area contributed by atoms with Crippen LogP contribution in [0, 0.1) is 10.1 Å². The molecule has 2 rings (SSSR count). The molecule has 0 amide bonds. The van der Waals surface area contributed by atoms with E-state index in [1.54, 1.807) is 0 Å². The molecule has 1 fully saturated rings. The first-order chi connectivity index (χ1) is 9.94. The third kappa shape index (κ3) is 3.60. The minimum atomic E-state index is -3.81. The molecule has 116 valence electrons. The van der Waals surface area contributed by atoms with E-state index in [2.05, 4.69) is 10.0 Å². The van der Waals surface area contributed by atoms with Crippen molar-refractivity contribution in [2.24, 2.45) is 0 Å². The molecule has 2 N–H and O–H groups in total. The van der Waals surface area contributed by atoms with Gasteiger partial charge in [-0.1, -0.05) is 0 Å². The lowest BCUT2D eigenvalue weighted by atomic mass is 10.2. The summed E-state index contributed by atoms with van der Waals surface area (Å²) >= 11 is 0. The van der Waals surface area contributed by atoms with Crippen molar-refractivity contribution >= 4 is 21.6 Å². The molecule has 1 aliphatic rings. The molecule has 0 bridgehead atoms. The molecule has 0 radical (unpaired) electrons. The molecule has 1 aliphatic heterocycles.